The minimum atomic E-state index is -0.268. The van der Waals surface area contributed by atoms with Crippen LogP contribution in [-0.4, -0.2) is 25.2 Å². The molecule has 3 rings (SSSR count). The van der Waals surface area contributed by atoms with Gasteiger partial charge in [0.15, 0.2) is 9.57 Å². The van der Waals surface area contributed by atoms with E-state index in [1.54, 1.807) is 4.57 Å². The molecule has 0 aliphatic heterocycles. The Bertz CT molecular complexity index is 1030. The van der Waals surface area contributed by atoms with E-state index in [9.17, 15) is 4.79 Å². The van der Waals surface area contributed by atoms with E-state index in [2.05, 4.69) is 22.1 Å². The van der Waals surface area contributed by atoms with Crippen molar-refractivity contribution in [1.82, 2.24) is 19.3 Å². The zero-order valence-electron chi connectivity index (χ0n) is 14.2. The topological polar surface area (TPSA) is 68.0 Å². The Kier molecular flexibility index (Phi) is 6.18. The van der Waals surface area contributed by atoms with Crippen molar-refractivity contribution in [3.05, 3.63) is 61.8 Å². The lowest BCUT2D eigenvalue weighted by Gasteiger charge is -2.05. The van der Waals surface area contributed by atoms with Crippen molar-refractivity contribution < 1.29 is 4.79 Å². The molecular formula is C17H18ClN5OS2. The van der Waals surface area contributed by atoms with Crippen LogP contribution in [0.15, 0.2) is 40.8 Å². The number of thiazole rings is 1. The highest BCUT2D eigenvalue weighted by Gasteiger charge is 2.10. The molecule has 6 nitrogen and oxygen atoms in total. The third-order valence-corrected chi connectivity index (χ3v) is 5.26. The molecule has 1 amide bonds. The summed E-state index contributed by atoms with van der Waals surface area (Å²) in [6.45, 7) is 2.69. The molecule has 0 radical (unpaired) electrons. The zero-order chi connectivity index (χ0) is 18.5. The highest BCUT2D eigenvalue weighted by Crippen LogP contribution is 2.15. The average molecular weight is 408 g/mol. The van der Waals surface area contributed by atoms with E-state index in [-0.39, 0.29) is 12.5 Å². The predicted octanol–water partition coefficient (Wildman–Crippen LogP) is 3.59. The smallest absolute Gasteiger partial charge is 0.268 e. The molecule has 0 atom stereocenters. The highest BCUT2D eigenvalue weighted by atomic mass is 35.5. The third-order valence-electron chi connectivity index (χ3n) is 3.78. The highest BCUT2D eigenvalue weighted by molar-refractivity contribution is 7.71. The summed E-state index contributed by atoms with van der Waals surface area (Å²) in [6, 6.07) is 7.63. The van der Waals surface area contributed by atoms with Gasteiger partial charge in [-0.1, -0.05) is 36.7 Å². The standard InChI is InChI=1S/C17H18ClN5OS2/c1-2-5-14-20-21-16(25)23(14)11-15(24)19-17-22(8-9-26-17)10-12-6-3-4-7-13(12)18/h3-4,6-9H,2,5,10-11H2,1H3,(H,21,25). The Balaban J connectivity index is 1.82. The van der Waals surface area contributed by atoms with Crippen molar-refractivity contribution in [2.45, 2.75) is 32.9 Å². The molecule has 136 valence electrons. The van der Waals surface area contributed by atoms with Gasteiger partial charge in [0.1, 0.15) is 12.4 Å². The number of aromatic nitrogens is 4. The van der Waals surface area contributed by atoms with E-state index in [4.69, 9.17) is 23.8 Å². The molecule has 3 aromatic rings. The first-order valence-electron chi connectivity index (χ1n) is 8.17. The maximum atomic E-state index is 12.4. The van der Waals surface area contributed by atoms with E-state index in [0.717, 1.165) is 24.2 Å². The quantitative estimate of drug-likeness (QED) is 0.635. The number of rotatable bonds is 6. The van der Waals surface area contributed by atoms with Crippen LogP contribution in [0.5, 0.6) is 0 Å². The molecule has 0 fully saturated rings. The van der Waals surface area contributed by atoms with Crippen LogP contribution in [0, 0.1) is 4.77 Å². The number of nitrogens with one attached hydrogen (secondary N) is 1. The van der Waals surface area contributed by atoms with Gasteiger partial charge in [0.2, 0.25) is 0 Å². The monoisotopic (exact) mass is 407 g/mol. The maximum absolute atomic E-state index is 12.4. The number of amides is 1. The second-order valence-electron chi connectivity index (χ2n) is 5.69. The molecule has 9 heteroatoms. The van der Waals surface area contributed by atoms with E-state index in [1.165, 1.54) is 11.3 Å². The van der Waals surface area contributed by atoms with Crippen LogP contribution in [0.2, 0.25) is 5.02 Å². The number of aromatic amines is 1. The van der Waals surface area contributed by atoms with E-state index in [1.807, 2.05) is 40.4 Å². The summed E-state index contributed by atoms with van der Waals surface area (Å²) in [7, 11) is 0. The first-order valence-corrected chi connectivity index (χ1v) is 9.84. The Hall–Kier alpha value is -2.03. The number of aryl methyl sites for hydroxylation is 1. The predicted molar refractivity (Wildman–Crippen MR) is 105 cm³/mol. The van der Waals surface area contributed by atoms with Crippen LogP contribution in [0.4, 0.5) is 0 Å². The summed E-state index contributed by atoms with van der Waals surface area (Å²) in [5, 5.41) is 9.50. The summed E-state index contributed by atoms with van der Waals surface area (Å²) >= 11 is 12.8. The van der Waals surface area contributed by atoms with Gasteiger partial charge in [-0.15, -0.1) is 11.3 Å². The van der Waals surface area contributed by atoms with Crippen LogP contribution in [0.3, 0.4) is 0 Å². The minimum Gasteiger partial charge on any atom is -0.319 e. The molecule has 1 aromatic carbocycles. The molecule has 2 aromatic heterocycles. The van der Waals surface area contributed by atoms with Gasteiger partial charge in [0, 0.05) is 23.0 Å². The van der Waals surface area contributed by atoms with Crippen molar-refractivity contribution in [3.8, 4) is 0 Å². The number of H-pyrrole nitrogens is 1. The number of carbonyl (C=O) groups is 1. The fourth-order valence-electron chi connectivity index (χ4n) is 2.52. The number of hydrogen-bond donors (Lipinski definition) is 1. The fourth-order valence-corrected chi connectivity index (χ4v) is 3.68. The third kappa shape index (κ3) is 4.38. The Morgan fingerprint density at radius 1 is 1.42 bits per heavy atom. The molecular weight excluding hydrogens is 390 g/mol. The number of benzene rings is 1. The molecule has 0 saturated carbocycles. The number of halogens is 1. The van der Waals surface area contributed by atoms with E-state index >= 15 is 0 Å². The van der Waals surface area contributed by atoms with Gasteiger partial charge in [-0.05, 0) is 30.3 Å². The summed E-state index contributed by atoms with van der Waals surface area (Å²) in [5.41, 5.74) is 0.976. The first kappa shape index (κ1) is 18.8. The zero-order valence-corrected chi connectivity index (χ0v) is 16.6. The van der Waals surface area contributed by atoms with Gasteiger partial charge < -0.3 is 4.57 Å². The molecule has 0 aliphatic carbocycles. The largest absolute Gasteiger partial charge is 0.319 e. The molecule has 2 heterocycles. The molecule has 0 saturated heterocycles. The lowest BCUT2D eigenvalue weighted by atomic mass is 10.2. The van der Waals surface area contributed by atoms with Crippen molar-refractivity contribution in [2.24, 2.45) is 4.99 Å². The summed E-state index contributed by atoms with van der Waals surface area (Å²) in [6.07, 6.45) is 3.58. The Labute approximate surface area is 164 Å². The van der Waals surface area contributed by atoms with Crippen molar-refractivity contribution in [3.63, 3.8) is 0 Å². The lowest BCUT2D eigenvalue weighted by molar-refractivity contribution is -0.118. The Morgan fingerprint density at radius 3 is 3.00 bits per heavy atom. The van der Waals surface area contributed by atoms with Gasteiger partial charge in [0.05, 0.1) is 6.54 Å². The number of carbonyl (C=O) groups excluding carboxylic acids is 1. The minimum absolute atomic E-state index is 0.0780. The summed E-state index contributed by atoms with van der Waals surface area (Å²) in [4.78, 5) is 17.3. The number of nitrogens with zero attached hydrogens (tertiary/aromatic N) is 4. The van der Waals surface area contributed by atoms with Crippen LogP contribution in [0.1, 0.15) is 24.7 Å². The van der Waals surface area contributed by atoms with Gasteiger partial charge in [-0.2, -0.15) is 10.1 Å². The van der Waals surface area contributed by atoms with Gasteiger partial charge in [0.25, 0.3) is 5.91 Å². The molecule has 1 N–H and O–H groups in total. The van der Waals surface area contributed by atoms with Gasteiger partial charge in [-0.3, -0.25) is 14.5 Å². The van der Waals surface area contributed by atoms with Crippen molar-refractivity contribution in [2.75, 3.05) is 0 Å². The first-order chi connectivity index (χ1) is 12.6. The molecule has 0 spiro atoms. The number of hydrogen-bond acceptors (Lipinski definition) is 4. The Morgan fingerprint density at radius 2 is 2.23 bits per heavy atom. The van der Waals surface area contributed by atoms with Gasteiger partial charge >= 0.3 is 0 Å². The van der Waals surface area contributed by atoms with Crippen molar-refractivity contribution >= 4 is 41.1 Å². The fraction of sp³-hybridized carbons (Fsp3) is 0.294. The molecule has 0 aliphatic rings. The van der Waals surface area contributed by atoms with Gasteiger partial charge in [-0.25, -0.2) is 0 Å². The lowest BCUT2D eigenvalue weighted by Crippen LogP contribution is -2.19. The van der Waals surface area contributed by atoms with Crippen LogP contribution in [-0.2, 0) is 24.3 Å². The van der Waals surface area contributed by atoms with Crippen LogP contribution in [0.25, 0.3) is 0 Å². The summed E-state index contributed by atoms with van der Waals surface area (Å²) in [5.74, 6) is 0.506. The SMILES string of the molecule is CCCc1n[nH]c(=S)n1CC(=O)N=c1sccn1Cc1ccccc1Cl. The summed E-state index contributed by atoms with van der Waals surface area (Å²) < 4.78 is 4.05. The van der Waals surface area contributed by atoms with Crippen LogP contribution >= 0.6 is 35.2 Å². The molecule has 26 heavy (non-hydrogen) atoms. The van der Waals surface area contributed by atoms with E-state index in [0.29, 0.717) is 21.1 Å². The maximum Gasteiger partial charge on any atom is 0.268 e. The molecule has 0 bridgehead atoms. The second-order valence-corrected chi connectivity index (χ2v) is 7.36. The average Bonchev–Trinajstić information content (AvgIpc) is 3.18. The molecule has 0 unspecified atom stereocenters. The van der Waals surface area contributed by atoms with Crippen molar-refractivity contribution in [1.29, 1.82) is 0 Å². The normalized spacial score (nSPS) is 11.8. The second kappa shape index (κ2) is 8.57. The van der Waals surface area contributed by atoms with E-state index < -0.39 is 0 Å². The van der Waals surface area contributed by atoms with Crippen LogP contribution < -0.4 is 4.80 Å².